The molecule has 0 spiro atoms. The average Bonchev–Trinajstić information content (AvgIpc) is 2.66. The number of carbonyl (C=O) groups is 1. The van der Waals surface area contributed by atoms with Crippen molar-refractivity contribution in [2.24, 2.45) is 5.92 Å². The number of hydrogen-bond donors (Lipinski definition) is 3. The Balaban J connectivity index is 2.05. The standard InChI is InChI=1S/C25H28O4/c1-15(2)19-12-9-16(3)13-20(19)23-21(26)14-18(22(24(23)27)25(28)29)11-10-17-7-5-4-6-8-17/h4-8,13-14,19-20,26-27H,1,9-12H2,2-3H3,(H,28,29)/t19-,20?/m0/s1. The zero-order valence-corrected chi connectivity index (χ0v) is 17.0. The van der Waals surface area contributed by atoms with Gasteiger partial charge >= 0.3 is 5.97 Å². The van der Waals surface area contributed by atoms with Gasteiger partial charge in [-0.05, 0) is 62.6 Å². The van der Waals surface area contributed by atoms with Crippen molar-refractivity contribution in [2.45, 2.75) is 45.4 Å². The molecule has 0 heterocycles. The maximum atomic E-state index is 12.0. The van der Waals surface area contributed by atoms with Crippen LogP contribution in [0.25, 0.3) is 0 Å². The predicted octanol–water partition coefficient (Wildman–Crippen LogP) is 5.60. The number of aromatic carboxylic acids is 1. The van der Waals surface area contributed by atoms with Crippen LogP contribution < -0.4 is 0 Å². The molecule has 152 valence electrons. The Morgan fingerprint density at radius 3 is 2.48 bits per heavy atom. The minimum atomic E-state index is -1.19. The molecule has 1 unspecified atom stereocenters. The highest BCUT2D eigenvalue weighted by Crippen LogP contribution is 2.48. The highest BCUT2D eigenvalue weighted by atomic mass is 16.4. The molecule has 3 N–H and O–H groups in total. The van der Waals surface area contributed by atoms with Gasteiger partial charge in [-0.25, -0.2) is 4.79 Å². The monoisotopic (exact) mass is 392 g/mol. The summed E-state index contributed by atoms with van der Waals surface area (Å²) in [5.74, 6) is -1.81. The van der Waals surface area contributed by atoms with Crippen LogP contribution >= 0.6 is 0 Å². The molecule has 0 radical (unpaired) electrons. The van der Waals surface area contributed by atoms with Gasteiger partial charge in [-0.15, -0.1) is 0 Å². The zero-order valence-electron chi connectivity index (χ0n) is 17.0. The van der Waals surface area contributed by atoms with Gasteiger partial charge in [0.15, 0.2) is 0 Å². The van der Waals surface area contributed by atoms with Crippen molar-refractivity contribution in [3.05, 3.63) is 82.5 Å². The Bertz CT molecular complexity index is 957. The van der Waals surface area contributed by atoms with E-state index >= 15 is 0 Å². The Morgan fingerprint density at radius 2 is 1.86 bits per heavy atom. The maximum absolute atomic E-state index is 12.0. The first-order valence-corrected chi connectivity index (χ1v) is 9.97. The van der Waals surface area contributed by atoms with Gasteiger partial charge in [-0.3, -0.25) is 0 Å². The number of carboxylic acids is 1. The summed E-state index contributed by atoms with van der Waals surface area (Å²) < 4.78 is 0. The van der Waals surface area contributed by atoms with E-state index in [1.54, 1.807) is 0 Å². The fraction of sp³-hybridized carbons (Fsp3) is 0.320. The molecule has 0 saturated heterocycles. The van der Waals surface area contributed by atoms with Gasteiger partial charge in [0.05, 0.1) is 0 Å². The average molecular weight is 392 g/mol. The zero-order chi connectivity index (χ0) is 21.1. The van der Waals surface area contributed by atoms with Crippen molar-refractivity contribution in [2.75, 3.05) is 0 Å². The number of phenolic OH excluding ortho intramolecular Hbond substituents is 1. The van der Waals surface area contributed by atoms with Crippen LogP contribution in [0.3, 0.4) is 0 Å². The molecule has 0 bridgehead atoms. The van der Waals surface area contributed by atoms with Gasteiger partial charge in [0.1, 0.15) is 17.1 Å². The van der Waals surface area contributed by atoms with E-state index in [1.807, 2.05) is 50.3 Å². The van der Waals surface area contributed by atoms with Gasteiger partial charge in [-0.1, -0.05) is 54.1 Å². The molecule has 0 aliphatic heterocycles. The van der Waals surface area contributed by atoms with E-state index in [1.165, 1.54) is 6.07 Å². The van der Waals surface area contributed by atoms with Gasteiger partial charge in [0.2, 0.25) is 0 Å². The quantitative estimate of drug-likeness (QED) is 0.560. The number of carboxylic acid groups (broad SMARTS) is 1. The molecule has 29 heavy (non-hydrogen) atoms. The van der Waals surface area contributed by atoms with Crippen molar-refractivity contribution in [3.8, 4) is 11.5 Å². The third kappa shape index (κ3) is 4.37. The molecule has 3 rings (SSSR count). The second-order valence-corrected chi connectivity index (χ2v) is 8.01. The summed E-state index contributed by atoms with van der Waals surface area (Å²) in [4.78, 5) is 12.0. The van der Waals surface area contributed by atoms with Crippen LogP contribution in [-0.2, 0) is 12.8 Å². The lowest BCUT2D eigenvalue weighted by Gasteiger charge is -2.32. The van der Waals surface area contributed by atoms with Crippen molar-refractivity contribution >= 4 is 5.97 Å². The lowest BCUT2D eigenvalue weighted by atomic mass is 9.73. The lowest BCUT2D eigenvalue weighted by molar-refractivity contribution is 0.0692. The summed E-state index contributed by atoms with van der Waals surface area (Å²) in [6.45, 7) is 8.02. The summed E-state index contributed by atoms with van der Waals surface area (Å²) in [5, 5.41) is 31.6. The van der Waals surface area contributed by atoms with Gasteiger partial charge in [-0.2, -0.15) is 0 Å². The highest BCUT2D eigenvalue weighted by Gasteiger charge is 2.33. The van der Waals surface area contributed by atoms with Crippen molar-refractivity contribution < 1.29 is 20.1 Å². The van der Waals surface area contributed by atoms with Crippen LogP contribution in [-0.4, -0.2) is 21.3 Å². The van der Waals surface area contributed by atoms with Crippen LogP contribution in [0.5, 0.6) is 11.5 Å². The molecule has 2 aromatic rings. The lowest BCUT2D eigenvalue weighted by Crippen LogP contribution is -2.18. The summed E-state index contributed by atoms with van der Waals surface area (Å²) in [7, 11) is 0. The normalized spacial score (nSPS) is 18.9. The minimum Gasteiger partial charge on any atom is -0.507 e. The second-order valence-electron chi connectivity index (χ2n) is 8.01. The molecule has 0 amide bonds. The molecular formula is C25H28O4. The number of benzene rings is 2. The van der Waals surface area contributed by atoms with Crippen LogP contribution in [0.1, 0.15) is 59.7 Å². The van der Waals surface area contributed by atoms with Crippen LogP contribution in [0.15, 0.2) is 60.2 Å². The maximum Gasteiger partial charge on any atom is 0.339 e. The first-order valence-electron chi connectivity index (χ1n) is 9.97. The number of phenols is 2. The van der Waals surface area contributed by atoms with E-state index in [4.69, 9.17) is 0 Å². The largest absolute Gasteiger partial charge is 0.507 e. The number of aromatic hydroxyl groups is 2. The van der Waals surface area contributed by atoms with E-state index < -0.39 is 5.97 Å². The molecule has 0 fully saturated rings. The topological polar surface area (TPSA) is 77.8 Å². The van der Waals surface area contributed by atoms with E-state index in [2.05, 4.69) is 6.58 Å². The predicted molar refractivity (Wildman–Crippen MR) is 115 cm³/mol. The summed E-state index contributed by atoms with van der Waals surface area (Å²) in [5.41, 5.74) is 3.80. The third-order valence-electron chi connectivity index (χ3n) is 5.85. The van der Waals surface area contributed by atoms with Crippen molar-refractivity contribution in [1.29, 1.82) is 0 Å². The van der Waals surface area contributed by atoms with Crippen molar-refractivity contribution in [3.63, 3.8) is 0 Å². The van der Waals surface area contributed by atoms with Crippen LogP contribution in [0, 0.1) is 5.92 Å². The molecule has 2 aromatic carbocycles. The molecule has 1 aliphatic rings. The molecule has 4 nitrogen and oxygen atoms in total. The van der Waals surface area contributed by atoms with E-state index in [0.717, 1.165) is 29.6 Å². The molecule has 2 atom stereocenters. The molecule has 0 aromatic heterocycles. The summed E-state index contributed by atoms with van der Waals surface area (Å²) in [6, 6.07) is 11.2. The number of hydrogen-bond acceptors (Lipinski definition) is 3. The van der Waals surface area contributed by atoms with Gasteiger partial charge in [0, 0.05) is 11.5 Å². The Hall–Kier alpha value is -3.01. The smallest absolute Gasteiger partial charge is 0.339 e. The van der Waals surface area contributed by atoms with E-state index in [9.17, 15) is 20.1 Å². The first kappa shape index (κ1) is 20.7. The number of aryl methyl sites for hydroxylation is 2. The van der Waals surface area contributed by atoms with Crippen molar-refractivity contribution in [1.82, 2.24) is 0 Å². The second kappa shape index (κ2) is 8.56. The fourth-order valence-corrected chi connectivity index (χ4v) is 4.32. The SMILES string of the molecule is C=C(C)[C@@H]1CCC(C)=CC1c1c(O)cc(CCc2ccccc2)c(C(=O)O)c1O. The Labute approximate surface area is 171 Å². The first-order chi connectivity index (χ1) is 13.8. The Kier molecular flexibility index (Phi) is 6.12. The van der Waals surface area contributed by atoms with E-state index in [-0.39, 0.29) is 34.5 Å². The molecular weight excluding hydrogens is 364 g/mol. The van der Waals surface area contributed by atoms with Gasteiger partial charge < -0.3 is 15.3 Å². The number of allylic oxidation sites excluding steroid dienone is 3. The summed E-state index contributed by atoms with van der Waals surface area (Å²) >= 11 is 0. The Morgan fingerprint density at radius 1 is 1.17 bits per heavy atom. The van der Waals surface area contributed by atoms with Gasteiger partial charge in [0.25, 0.3) is 0 Å². The van der Waals surface area contributed by atoms with E-state index in [0.29, 0.717) is 18.4 Å². The van der Waals surface area contributed by atoms with Crippen LogP contribution in [0.4, 0.5) is 0 Å². The third-order valence-corrected chi connectivity index (χ3v) is 5.85. The number of rotatable bonds is 6. The summed E-state index contributed by atoms with van der Waals surface area (Å²) in [6.07, 6.45) is 4.84. The van der Waals surface area contributed by atoms with Crippen LogP contribution in [0.2, 0.25) is 0 Å². The molecule has 0 saturated carbocycles. The fourth-order valence-electron chi connectivity index (χ4n) is 4.32. The molecule has 4 heteroatoms. The minimum absolute atomic E-state index is 0.0484. The highest BCUT2D eigenvalue weighted by molar-refractivity contribution is 5.94. The molecule has 1 aliphatic carbocycles.